The predicted octanol–water partition coefficient (Wildman–Crippen LogP) is 3.32. The van der Waals surface area contributed by atoms with Gasteiger partial charge in [-0.1, -0.05) is 27.7 Å². The van der Waals surface area contributed by atoms with Gasteiger partial charge in [0.15, 0.2) is 5.65 Å². The molecule has 2 aromatic heterocycles. The summed E-state index contributed by atoms with van der Waals surface area (Å²) in [4.78, 5) is 23.6. The van der Waals surface area contributed by atoms with E-state index >= 15 is 0 Å². The van der Waals surface area contributed by atoms with Crippen LogP contribution in [0.25, 0.3) is 11.2 Å². The SMILES string of the molecule is CC(C)CNC(=O)N1CCC(Cc2nc3cccnc3n2CC(C)C)C1. The minimum absolute atomic E-state index is 0.0681. The molecular weight excluding hydrogens is 326 g/mol. The van der Waals surface area contributed by atoms with Crippen LogP contribution in [0.5, 0.6) is 0 Å². The fraction of sp³-hybridized carbons (Fsp3) is 0.650. The van der Waals surface area contributed by atoms with Gasteiger partial charge < -0.3 is 14.8 Å². The van der Waals surface area contributed by atoms with Crippen molar-refractivity contribution in [1.29, 1.82) is 0 Å². The Kier molecular flexibility index (Phi) is 5.79. The first-order chi connectivity index (χ1) is 12.4. The number of pyridine rings is 1. The van der Waals surface area contributed by atoms with Crippen LogP contribution in [0, 0.1) is 17.8 Å². The Balaban J connectivity index is 1.68. The van der Waals surface area contributed by atoms with Gasteiger partial charge in [-0.25, -0.2) is 14.8 Å². The van der Waals surface area contributed by atoms with E-state index in [0.717, 1.165) is 56.0 Å². The van der Waals surface area contributed by atoms with Crippen molar-refractivity contribution in [2.24, 2.45) is 17.8 Å². The average Bonchev–Trinajstić information content (AvgIpc) is 3.18. The van der Waals surface area contributed by atoms with Crippen LogP contribution in [-0.2, 0) is 13.0 Å². The highest BCUT2D eigenvalue weighted by molar-refractivity contribution is 5.74. The number of nitrogens with zero attached hydrogens (tertiary/aromatic N) is 4. The molecule has 1 atom stereocenters. The van der Waals surface area contributed by atoms with Crippen LogP contribution >= 0.6 is 0 Å². The summed E-state index contributed by atoms with van der Waals surface area (Å²) >= 11 is 0. The fourth-order valence-electron chi connectivity index (χ4n) is 3.56. The summed E-state index contributed by atoms with van der Waals surface area (Å²) < 4.78 is 2.27. The van der Waals surface area contributed by atoms with Crippen molar-refractivity contribution < 1.29 is 4.79 Å². The third-order valence-corrected chi connectivity index (χ3v) is 4.84. The van der Waals surface area contributed by atoms with Crippen molar-refractivity contribution in [3.63, 3.8) is 0 Å². The predicted molar refractivity (Wildman–Crippen MR) is 104 cm³/mol. The zero-order valence-electron chi connectivity index (χ0n) is 16.4. The maximum Gasteiger partial charge on any atom is 0.317 e. The van der Waals surface area contributed by atoms with Crippen LogP contribution in [-0.4, -0.2) is 45.1 Å². The summed E-state index contributed by atoms with van der Waals surface area (Å²) in [5.41, 5.74) is 1.94. The molecule has 0 aliphatic carbocycles. The zero-order valence-corrected chi connectivity index (χ0v) is 16.4. The number of imidazole rings is 1. The first kappa shape index (κ1) is 18.7. The third-order valence-electron chi connectivity index (χ3n) is 4.84. The number of aromatic nitrogens is 3. The van der Waals surface area contributed by atoms with Gasteiger partial charge in [0.05, 0.1) is 0 Å². The maximum atomic E-state index is 12.3. The van der Waals surface area contributed by atoms with E-state index in [4.69, 9.17) is 4.98 Å². The Morgan fingerprint density at radius 3 is 2.85 bits per heavy atom. The van der Waals surface area contributed by atoms with Gasteiger partial charge in [-0.05, 0) is 36.3 Å². The Morgan fingerprint density at radius 1 is 1.31 bits per heavy atom. The second-order valence-electron chi connectivity index (χ2n) is 8.26. The van der Waals surface area contributed by atoms with Gasteiger partial charge in [-0.15, -0.1) is 0 Å². The summed E-state index contributed by atoms with van der Waals surface area (Å²) in [5.74, 6) is 2.57. The molecule has 0 spiro atoms. The topological polar surface area (TPSA) is 63.1 Å². The lowest BCUT2D eigenvalue weighted by atomic mass is 10.0. The molecule has 1 N–H and O–H groups in total. The lowest BCUT2D eigenvalue weighted by molar-refractivity contribution is 0.205. The van der Waals surface area contributed by atoms with Crippen LogP contribution in [0.4, 0.5) is 4.79 Å². The molecule has 2 amide bonds. The molecule has 6 heteroatoms. The molecule has 0 radical (unpaired) electrons. The van der Waals surface area contributed by atoms with Gasteiger partial charge in [-0.2, -0.15) is 0 Å². The third kappa shape index (κ3) is 4.34. The van der Waals surface area contributed by atoms with Crippen LogP contribution in [0.2, 0.25) is 0 Å². The van der Waals surface area contributed by atoms with E-state index < -0.39 is 0 Å². The molecule has 26 heavy (non-hydrogen) atoms. The summed E-state index contributed by atoms with van der Waals surface area (Å²) in [7, 11) is 0. The quantitative estimate of drug-likeness (QED) is 0.863. The Morgan fingerprint density at radius 2 is 2.12 bits per heavy atom. The number of carbonyl (C=O) groups is 1. The molecular formula is C20H31N5O. The minimum atomic E-state index is 0.0681. The van der Waals surface area contributed by atoms with Gasteiger partial charge in [0.25, 0.3) is 0 Å². The van der Waals surface area contributed by atoms with E-state index in [1.165, 1.54) is 0 Å². The van der Waals surface area contributed by atoms with E-state index in [2.05, 4.69) is 42.6 Å². The highest BCUT2D eigenvalue weighted by Crippen LogP contribution is 2.23. The molecule has 1 unspecified atom stereocenters. The van der Waals surface area contributed by atoms with Crippen LogP contribution < -0.4 is 5.32 Å². The summed E-state index contributed by atoms with van der Waals surface area (Å²) in [5, 5.41) is 3.02. The van der Waals surface area contributed by atoms with E-state index in [9.17, 15) is 4.79 Å². The van der Waals surface area contributed by atoms with E-state index in [-0.39, 0.29) is 6.03 Å². The van der Waals surface area contributed by atoms with E-state index in [1.807, 2.05) is 23.2 Å². The van der Waals surface area contributed by atoms with E-state index in [1.54, 1.807) is 0 Å². The van der Waals surface area contributed by atoms with Crippen LogP contribution in [0.15, 0.2) is 18.3 Å². The standard InChI is InChI=1S/C20H31N5O/c1-14(2)11-22-20(26)24-9-7-16(13-24)10-18-23-17-6-5-8-21-19(17)25(18)12-15(3)4/h5-6,8,14-16H,7,9-13H2,1-4H3,(H,22,26). The fourth-order valence-corrected chi connectivity index (χ4v) is 3.56. The van der Waals surface area contributed by atoms with Crippen LogP contribution in [0.1, 0.15) is 39.9 Å². The highest BCUT2D eigenvalue weighted by atomic mass is 16.2. The molecule has 2 aromatic rings. The van der Waals surface area contributed by atoms with Crippen molar-refractivity contribution in [2.45, 2.75) is 47.1 Å². The molecule has 1 aliphatic heterocycles. The molecule has 0 aromatic carbocycles. The number of hydrogen-bond donors (Lipinski definition) is 1. The van der Waals surface area contributed by atoms with E-state index in [0.29, 0.717) is 17.8 Å². The molecule has 1 aliphatic rings. The number of nitrogens with one attached hydrogen (secondary N) is 1. The number of hydrogen-bond acceptors (Lipinski definition) is 3. The average molecular weight is 358 g/mol. The largest absolute Gasteiger partial charge is 0.338 e. The molecule has 0 bridgehead atoms. The van der Waals surface area contributed by atoms with Crippen molar-refractivity contribution >= 4 is 17.2 Å². The van der Waals surface area contributed by atoms with Gasteiger partial charge >= 0.3 is 6.03 Å². The van der Waals surface area contributed by atoms with Crippen molar-refractivity contribution in [1.82, 2.24) is 24.8 Å². The molecule has 1 saturated heterocycles. The second kappa shape index (κ2) is 8.06. The van der Waals surface area contributed by atoms with Gasteiger partial charge in [0.2, 0.25) is 0 Å². The molecule has 142 valence electrons. The van der Waals surface area contributed by atoms with Crippen LogP contribution in [0.3, 0.4) is 0 Å². The number of rotatable bonds is 6. The normalized spacial score (nSPS) is 17.6. The summed E-state index contributed by atoms with van der Waals surface area (Å²) in [6.45, 7) is 12.0. The van der Waals surface area contributed by atoms with Gasteiger partial charge in [-0.3, -0.25) is 0 Å². The van der Waals surface area contributed by atoms with Crippen molar-refractivity contribution in [3.05, 3.63) is 24.2 Å². The lowest BCUT2D eigenvalue weighted by Gasteiger charge is -2.18. The molecule has 3 heterocycles. The molecule has 0 saturated carbocycles. The Labute approximate surface area is 156 Å². The van der Waals surface area contributed by atoms with Crippen molar-refractivity contribution in [2.75, 3.05) is 19.6 Å². The molecule has 1 fully saturated rings. The second-order valence-corrected chi connectivity index (χ2v) is 8.26. The minimum Gasteiger partial charge on any atom is -0.338 e. The number of likely N-dealkylation sites (tertiary alicyclic amines) is 1. The number of carbonyl (C=O) groups excluding carboxylic acids is 1. The summed E-state index contributed by atoms with van der Waals surface area (Å²) in [6, 6.07) is 4.04. The number of fused-ring (bicyclic) bond motifs is 1. The maximum absolute atomic E-state index is 12.3. The molecule has 3 rings (SSSR count). The monoisotopic (exact) mass is 357 g/mol. The van der Waals surface area contributed by atoms with Gasteiger partial charge in [0, 0.05) is 38.8 Å². The Hall–Kier alpha value is -2.11. The Bertz CT molecular complexity index is 752. The van der Waals surface area contributed by atoms with Crippen molar-refractivity contribution in [3.8, 4) is 0 Å². The number of amides is 2. The lowest BCUT2D eigenvalue weighted by Crippen LogP contribution is -2.40. The molecule has 6 nitrogen and oxygen atoms in total. The zero-order chi connectivity index (χ0) is 18.7. The first-order valence-electron chi connectivity index (χ1n) is 9.77. The van der Waals surface area contributed by atoms with Gasteiger partial charge in [0.1, 0.15) is 11.3 Å². The smallest absolute Gasteiger partial charge is 0.317 e. The first-order valence-corrected chi connectivity index (χ1v) is 9.77. The number of urea groups is 1. The highest BCUT2D eigenvalue weighted by Gasteiger charge is 2.28. The summed E-state index contributed by atoms with van der Waals surface area (Å²) in [6.07, 6.45) is 3.77.